The highest BCUT2D eigenvalue weighted by atomic mass is 19.3. The van der Waals surface area contributed by atoms with E-state index in [0.717, 1.165) is 12.3 Å². The molecule has 0 spiro atoms. The second-order valence-electron chi connectivity index (χ2n) is 2.09. The van der Waals surface area contributed by atoms with Crippen molar-refractivity contribution in [3.05, 3.63) is 23.5 Å². The molecule has 0 atom stereocenters. The number of hydrogen-bond donors (Lipinski definition) is 1. The third kappa shape index (κ3) is 1.55. The van der Waals surface area contributed by atoms with Gasteiger partial charge in [0.2, 0.25) is 0 Å². The van der Waals surface area contributed by atoms with Gasteiger partial charge in [0.15, 0.2) is 6.29 Å². The van der Waals surface area contributed by atoms with Gasteiger partial charge < -0.3 is 5.11 Å². The minimum atomic E-state index is -2.80. The summed E-state index contributed by atoms with van der Waals surface area (Å²) in [7, 11) is 0. The van der Waals surface area contributed by atoms with Crippen molar-refractivity contribution in [2.45, 2.75) is 6.43 Å². The predicted molar refractivity (Wildman–Crippen MR) is 36.2 cm³/mol. The van der Waals surface area contributed by atoms with Crippen LogP contribution in [-0.2, 0) is 0 Å². The number of pyridine rings is 1. The summed E-state index contributed by atoms with van der Waals surface area (Å²) in [6.07, 6.45) is -1.64. The highest BCUT2D eigenvalue weighted by Gasteiger charge is 2.14. The van der Waals surface area contributed by atoms with Crippen LogP contribution in [0.3, 0.4) is 0 Å². The molecule has 5 heteroatoms. The van der Waals surface area contributed by atoms with E-state index in [1.165, 1.54) is 0 Å². The Bertz CT molecular complexity index is 301. The molecule has 1 N–H and O–H groups in total. The zero-order valence-corrected chi connectivity index (χ0v) is 5.87. The van der Waals surface area contributed by atoms with Gasteiger partial charge in [0.25, 0.3) is 6.43 Å². The lowest BCUT2D eigenvalue weighted by Crippen LogP contribution is -1.95. The Labute approximate surface area is 66.7 Å². The average molecular weight is 173 g/mol. The van der Waals surface area contributed by atoms with Crippen LogP contribution in [0.1, 0.15) is 22.5 Å². The number of halogens is 2. The highest BCUT2D eigenvalue weighted by molar-refractivity contribution is 5.74. The quantitative estimate of drug-likeness (QED) is 0.690. The van der Waals surface area contributed by atoms with Gasteiger partial charge in [-0.15, -0.1) is 0 Å². The van der Waals surface area contributed by atoms with Crippen molar-refractivity contribution in [2.75, 3.05) is 0 Å². The Balaban J connectivity index is 3.21. The topological polar surface area (TPSA) is 50.2 Å². The molecular formula is C7H5F2NO2. The first-order chi connectivity index (χ1) is 5.65. The fourth-order valence-electron chi connectivity index (χ4n) is 0.754. The molecule has 0 amide bonds. The van der Waals surface area contributed by atoms with Crippen molar-refractivity contribution in [1.29, 1.82) is 0 Å². The summed E-state index contributed by atoms with van der Waals surface area (Å²) < 4.78 is 24.2. The van der Waals surface area contributed by atoms with Crippen LogP contribution >= 0.6 is 0 Å². The maximum absolute atomic E-state index is 12.1. The Morgan fingerprint density at radius 2 is 2.25 bits per heavy atom. The van der Waals surface area contributed by atoms with Gasteiger partial charge in [0, 0.05) is 0 Å². The summed E-state index contributed by atoms with van der Waals surface area (Å²) in [5.74, 6) is -0.379. The van der Waals surface area contributed by atoms with Crippen molar-refractivity contribution in [3.63, 3.8) is 0 Å². The molecule has 0 radical (unpaired) electrons. The lowest BCUT2D eigenvalue weighted by atomic mass is 10.2. The summed E-state index contributed by atoms with van der Waals surface area (Å²) in [5.41, 5.74) is -0.896. The van der Waals surface area contributed by atoms with Crippen molar-refractivity contribution in [2.24, 2.45) is 0 Å². The molecule has 0 saturated heterocycles. The molecule has 0 bridgehead atoms. The Morgan fingerprint density at radius 1 is 1.58 bits per heavy atom. The van der Waals surface area contributed by atoms with Crippen LogP contribution in [0.4, 0.5) is 8.78 Å². The van der Waals surface area contributed by atoms with Crippen LogP contribution in [0.2, 0.25) is 0 Å². The Hall–Kier alpha value is -1.52. The summed E-state index contributed by atoms with van der Waals surface area (Å²) in [4.78, 5) is 13.5. The number of carbonyl (C=O) groups is 1. The normalized spacial score (nSPS) is 10.2. The van der Waals surface area contributed by atoms with Crippen molar-refractivity contribution >= 4 is 6.29 Å². The summed E-state index contributed by atoms with van der Waals surface area (Å²) >= 11 is 0. The van der Waals surface area contributed by atoms with Gasteiger partial charge in [-0.3, -0.25) is 4.79 Å². The van der Waals surface area contributed by atoms with Gasteiger partial charge >= 0.3 is 0 Å². The third-order valence-corrected chi connectivity index (χ3v) is 1.28. The first-order valence-electron chi connectivity index (χ1n) is 3.07. The molecule has 1 aromatic rings. The molecule has 12 heavy (non-hydrogen) atoms. The zero-order chi connectivity index (χ0) is 9.14. The van der Waals surface area contributed by atoms with Gasteiger partial charge in [-0.1, -0.05) is 0 Å². The molecule has 0 aromatic carbocycles. The molecule has 64 valence electrons. The SMILES string of the molecule is O=Cc1ncc(O)cc1C(F)F. The van der Waals surface area contributed by atoms with Crippen molar-refractivity contribution in [3.8, 4) is 5.75 Å². The second kappa shape index (κ2) is 3.25. The fraction of sp³-hybridized carbons (Fsp3) is 0.143. The van der Waals surface area contributed by atoms with E-state index in [1.807, 2.05) is 0 Å². The third-order valence-electron chi connectivity index (χ3n) is 1.28. The number of alkyl halides is 2. The van der Waals surface area contributed by atoms with E-state index in [-0.39, 0.29) is 17.7 Å². The van der Waals surface area contributed by atoms with Crippen LogP contribution in [0.15, 0.2) is 12.3 Å². The van der Waals surface area contributed by atoms with E-state index in [1.54, 1.807) is 0 Å². The number of rotatable bonds is 2. The highest BCUT2D eigenvalue weighted by Crippen LogP contribution is 2.23. The molecular weight excluding hydrogens is 168 g/mol. The molecule has 3 nitrogen and oxygen atoms in total. The smallest absolute Gasteiger partial charge is 0.266 e. The first-order valence-corrected chi connectivity index (χ1v) is 3.07. The summed E-state index contributed by atoms with van der Waals surface area (Å²) in [5, 5.41) is 8.77. The molecule has 0 saturated carbocycles. The van der Waals surface area contributed by atoms with Crippen LogP contribution in [0.5, 0.6) is 5.75 Å². The Morgan fingerprint density at radius 3 is 2.75 bits per heavy atom. The minimum absolute atomic E-state index is 0.223. The van der Waals surface area contributed by atoms with Crippen molar-refractivity contribution < 1.29 is 18.7 Å². The van der Waals surface area contributed by atoms with Crippen LogP contribution in [-0.4, -0.2) is 16.4 Å². The second-order valence-corrected chi connectivity index (χ2v) is 2.09. The lowest BCUT2D eigenvalue weighted by molar-refractivity contribution is 0.110. The Kier molecular flexibility index (Phi) is 2.32. The van der Waals surface area contributed by atoms with Gasteiger partial charge in [-0.25, -0.2) is 13.8 Å². The number of aromatic nitrogens is 1. The first kappa shape index (κ1) is 8.58. The molecule has 1 rings (SSSR count). The van der Waals surface area contributed by atoms with E-state index >= 15 is 0 Å². The van der Waals surface area contributed by atoms with Crippen LogP contribution in [0, 0.1) is 0 Å². The van der Waals surface area contributed by atoms with Gasteiger partial charge in [-0.2, -0.15) is 0 Å². The molecule has 0 aliphatic rings. The number of carbonyl (C=O) groups excluding carboxylic acids is 1. The summed E-state index contributed by atoms with van der Waals surface area (Å²) in [6, 6.07) is 0.821. The lowest BCUT2D eigenvalue weighted by Gasteiger charge is -2.01. The number of hydrogen-bond acceptors (Lipinski definition) is 3. The van der Waals surface area contributed by atoms with Crippen LogP contribution < -0.4 is 0 Å². The molecule has 0 aliphatic heterocycles. The number of nitrogens with zero attached hydrogens (tertiary/aromatic N) is 1. The molecule has 1 aromatic heterocycles. The van der Waals surface area contributed by atoms with Crippen LogP contribution in [0.25, 0.3) is 0 Å². The van der Waals surface area contributed by atoms with E-state index in [2.05, 4.69) is 4.98 Å². The summed E-state index contributed by atoms with van der Waals surface area (Å²) in [6.45, 7) is 0. The van der Waals surface area contributed by atoms with E-state index < -0.39 is 12.0 Å². The van der Waals surface area contributed by atoms with E-state index in [4.69, 9.17) is 5.11 Å². The average Bonchev–Trinajstić information content (AvgIpc) is 2.04. The molecule has 0 fully saturated rings. The minimum Gasteiger partial charge on any atom is -0.506 e. The maximum atomic E-state index is 12.1. The van der Waals surface area contributed by atoms with Gasteiger partial charge in [0.05, 0.1) is 11.8 Å². The van der Waals surface area contributed by atoms with Gasteiger partial charge in [0.1, 0.15) is 11.4 Å². The molecule has 0 aliphatic carbocycles. The monoisotopic (exact) mass is 173 g/mol. The molecule has 0 unspecified atom stereocenters. The predicted octanol–water partition coefficient (Wildman–Crippen LogP) is 1.54. The number of aldehydes is 1. The van der Waals surface area contributed by atoms with E-state index in [0.29, 0.717) is 0 Å². The fourth-order valence-corrected chi connectivity index (χ4v) is 0.754. The maximum Gasteiger partial charge on any atom is 0.266 e. The van der Waals surface area contributed by atoms with Crippen molar-refractivity contribution in [1.82, 2.24) is 4.98 Å². The number of aromatic hydroxyl groups is 1. The van der Waals surface area contributed by atoms with Gasteiger partial charge in [-0.05, 0) is 6.07 Å². The molecule has 1 heterocycles. The largest absolute Gasteiger partial charge is 0.506 e. The standard InChI is InChI=1S/C7H5F2NO2/c8-7(9)5-1-4(12)2-10-6(5)3-11/h1-3,7,12H. The zero-order valence-electron chi connectivity index (χ0n) is 5.87. The van der Waals surface area contributed by atoms with E-state index in [9.17, 15) is 13.6 Å².